The minimum Gasteiger partial charge on any atom is -0.358 e. The molecular weight excluding hydrogens is 334 g/mol. The summed E-state index contributed by atoms with van der Waals surface area (Å²) in [7, 11) is -1.64. The predicted molar refractivity (Wildman–Crippen MR) is 115 cm³/mol. The average Bonchev–Trinajstić information content (AvgIpc) is 2.60. The van der Waals surface area contributed by atoms with Crippen LogP contribution >= 0.6 is 0 Å². The second-order valence-corrected chi connectivity index (χ2v) is 13.7. The van der Waals surface area contributed by atoms with E-state index < -0.39 is 8.07 Å². The highest BCUT2D eigenvalue weighted by Crippen LogP contribution is 2.22. The summed E-state index contributed by atoms with van der Waals surface area (Å²) < 4.78 is 0. The van der Waals surface area contributed by atoms with Gasteiger partial charge in [-0.1, -0.05) is 101 Å². The zero-order chi connectivity index (χ0) is 19.4. The van der Waals surface area contributed by atoms with E-state index in [0.29, 0.717) is 0 Å². The predicted octanol–water partition coefficient (Wildman–Crippen LogP) is 4.43. The molecule has 1 N–H and O–H groups in total. The molecule has 0 heterocycles. The van der Waals surface area contributed by atoms with Crippen LogP contribution in [0.4, 0.5) is 0 Å². The SMILES string of the molecule is CC(Cc1ccc(C(C)(C)C)cc1)C(=O)NC[Si](C)(C)c1ccccc1. The lowest BCUT2D eigenvalue weighted by molar-refractivity contribution is -0.124. The van der Waals surface area contributed by atoms with Gasteiger partial charge in [-0.2, -0.15) is 0 Å². The summed E-state index contributed by atoms with van der Waals surface area (Å²) in [4.78, 5) is 12.6. The highest BCUT2D eigenvalue weighted by Gasteiger charge is 2.25. The van der Waals surface area contributed by atoms with Gasteiger partial charge in [0.05, 0.1) is 0 Å². The van der Waals surface area contributed by atoms with Crippen molar-refractivity contribution < 1.29 is 4.79 Å². The number of hydrogen-bond donors (Lipinski definition) is 1. The highest BCUT2D eigenvalue weighted by molar-refractivity contribution is 6.90. The normalized spacial score (nSPS) is 13.3. The Kier molecular flexibility index (Phi) is 6.46. The number of carbonyl (C=O) groups is 1. The van der Waals surface area contributed by atoms with Gasteiger partial charge in [0.25, 0.3) is 0 Å². The van der Waals surface area contributed by atoms with Crippen LogP contribution in [-0.4, -0.2) is 20.1 Å². The molecule has 0 aromatic heterocycles. The molecule has 140 valence electrons. The van der Waals surface area contributed by atoms with Gasteiger partial charge in [0.2, 0.25) is 5.91 Å². The van der Waals surface area contributed by atoms with Crippen LogP contribution in [0.2, 0.25) is 13.1 Å². The van der Waals surface area contributed by atoms with Crippen molar-refractivity contribution in [3.05, 3.63) is 65.7 Å². The zero-order valence-corrected chi connectivity index (χ0v) is 18.1. The molecule has 2 nitrogen and oxygen atoms in total. The Balaban J connectivity index is 1.91. The van der Waals surface area contributed by atoms with Gasteiger partial charge in [-0.25, -0.2) is 0 Å². The second-order valence-electron chi connectivity index (χ2n) is 9.02. The van der Waals surface area contributed by atoms with Crippen molar-refractivity contribution in [3.8, 4) is 0 Å². The molecule has 2 rings (SSSR count). The molecule has 0 aliphatic heterocycles. The maximum absolute atomic E-state index is 12.6. The Bertz CT molecular complexity index is 714. The number of nitrogens with one attached hydrogen (secondary N) is 1. The Morgan fingerprint density at radius 3 is 2.12 bits per heavy atom. The lowest BCUT2D eigenvalue weighted by Crippen LogP contribution is -2.52. The molecule has 1 atom stereocenters. The van der Waals surface area contributed by atoms with Crippen molar-refractivity contribution in [3.63, 3.8) is 0 Å². The van der Waals surface area contributed by atoms with Gasteiger partial charge in [-0.05, 0) is 23.0 Å². The van der Waals surface area contributed by atoms with Crippen LogP contribution in [0, 0.1) is 5.92 Å². The van der Waals surface area contributed by atoms with Crippen molar-refractivity contribution in [2.75, 3.05) is 6.17 Å². The lowest BCUT2D eigenvalue weighted by Gasteiger charge is -2.24. The van der Waals surface area contributed by atoms with Gasteiger partial charge >= 0.3 is 0 Å². The van der Waals surface area contributed by atoms with Crippen LogP contribution in [0.3, 0.4) is 0 Å². The number of carbonyl (C=O) groups excluding carboxylic acids is 1. The van der Waals surface area contributed by atoms with Crippen molar-refractivity contribution in [1.82, 2.24) is 5.32 Å². The van der Waals surface area contributed by atoms with Crippen molar-refractivity contribution >= 4 is 19.2 Å². The fraction of sp³-hybridized carbons (Fsp3) is 0.435. The first kappa shape index (κ1) is 20.4. The molecule has 0 saturated heterocycles. The van der Waals surface area contributed by atoms with E-state index in [4.69, 9.17) is 0 Å². The second kappa shape index (κ2) is 8.21. The minimum atomic E-state index is -1.64. The smallest absolute Gasteiger partial charge is 0.222 e. The molecular formula is C23H33NOSi. The third kappa shape index (κ3) is 5.57. The van der Waals surface area contributed by atoms with Gasteiger partial charge in [0.15, 0.2) is 0 Å². The van der Waals surface area contributed by atoms with Gasteiger partial charge in [-0.3, -0.25) is 4.79 Å². The highest BCUT2D eigenvalue weighted by atomic mass is 28.3. The summed E-state index contributed by atoms with van der Waals surface area (Å²) >= 11 is 0. The maximum atomic E-state index is 12.6. The third-order valence-electron chi connectivity index (χ3n) is 5.07. The molecule has 2 aromatic rings. The number of benzene rings is 2. The van der Waals surface area contributed by atoms with E-state index >= 15 is 0 Å². The average molecular weight is 368 g/mol. The summed E-state index contributed by atoms with van der Waals surface area (Å²) in [5.41, 5.74) is 2.71. The number of hydrogen-bond acceptors (Lipinski definition) is 1. The topological polar surface area (TPSA) is 29.1 Å². The fourth-order valence-electron chi connectivity index (χ4n) is 3.06. The number of amides is 1. The molecule has 0 saturated carbocycles. The molecule has 0 aliphatic carbocycles. The van der Waals surface area contributed by atoms with E-state index in [9.17, 15) is 4.79 Å². The largest absolute Gasteiger partial charge is 0.358 e. The van der Waals surface area contributed by atoms with Gasteiger partial charge in [0, 0.05) is 12.1 Å². The minimum absolute atomic E-state index is 0.0175. The van der Waals surface area contributed by atoms with Crippen LogP contribution in [0.25, 0.3) is 0 Å². The van der Waals surface area contributed by atoms with Gasteiger partial charge in [-0.15, -0.1) is 0 Å². The Labute approximate surface area is 160 Å². The number of rotatable bonds is 6. The Morgan fingerprint density at radius 1 is 1.00 bits per heavy atom. The van der Waals surface area contributed by atoms with Gasteiger partial charge in [0.1, 0.15) is 8.07 Å². The quantitative estimate of drug-likeness (QED) is 0.752. The van der Waals surface area contributed by atoms with E-state index in [1.54, 1.807) is 0 Å². The van der Waals surface area contributed by atoms with E-state index in [0.717, 1.165) is 12.6 Å². The van der Waals surface area contributed by atoms with Crippen LogP contribution in [0.15, 0.2) is 54.6 Å². The molecule has 1 unspecified atom stereocenters. The first-order valence-corrected chi connectivity index (χ1v) is 12.7. The van der Waals surface area contributed by atoms with Crippen molar-refractivity contribution in [1.29, 1.82) is 0 Å². The molecule has 3 heteroatoms. The standard InChI is InChI=1S/C23H33NOSi/c1-18(16-19-12-14-20(15-13-19)23(2,3)4)22(25)24-17-26(5,6)21-10-8-7-9-11-21/h7-15,18H,16-17H2,1-6H3,(H,24,25). The third-order valence-corrected chi connectivity index (χ3v) is 8.03. The Hall–Kier alpha value is -1.87. The lowest BCUT2D eigenvalue weighted by atomic mass is 9.86. The summed E-state index contributed by atoms with van der Waals surface area (Å²) in [5.74, 6) is 0.137. The molecule has 0 aliphatic rings. The first-order chi connectivity index (χ1) is 12.1. The molecule has 0 fully saturated rings. The summed E-state index contributed by atoms with van der Waals surface area (Å²) in [6.45, 7) is 13.3. The van der Waals surface area contributed by atoms with E-state index in [1.165, 1.54) is 16.3 Å². The molecule has 1 amide bonds. The van der Waals surface area contributed by atoms with Crippen LogP contribution < -0.4 is 10.5 Å². The van der Waals surface area contributed by atoms with Crippen LogP contribution in [0.5, 0.6) is 0 Å². The first-order valence-electron chi connectivity index (χ1n) is 9.52. The van der Waals surface area contributed by atoms with Crippen molar-refractivity contribution in [2.45, 2.75) is 52.6 Å². The summed E-state index contributed by atoms with van der Waals surface area (Å²) in [5, 5.41) is 4.58. The zero-order valence-electron chi connectivity index (χ0n) is 17.1. The van der Waals surface area contributed by atoms with Gasteiger partial charge < -0.3 is 5.32 Å². The molecule has 0 spiro atoms. The van der Waals surface area contributed by atoms with Crippen LogP contribution in [-0.2, 0) is 16.6 Å². The molecule has 2 aromatic carbocycles. The van der Waals surface area contributed by atoms with Crippen LogP contribution in [0.1, 0.15) is 38.8 Å². The van der Waals surface area contributed by atoms with E-state index in [1.807, 2.05) is 13.0 Å². The molecule has 0 bridgehead atoms. The maximum Gasteiger partial charge on any atom is 0.222 e. The monoisotopic (exact) mass is 367 g/mol. The van der Waals surface area contributed by atoms with Crippen molar-refractivity contribution in [2.24, 2.45) is 5.92 Å². The van der Waals surface area contributed by atoms with E-state index in [-0.39, 0.29) is 17.2 Å². The molecule has 26 heavy (non-hydrogen) atoms. The van der Waals surface area contributed by atoms with E-state index in [2.05, 4.69) is 87.7 Å². The molecule has 0 radical (unpaired) electrons. The summed E-state index contributed by atoms with van der Waals surface area (Å²) in [6, 6.07) is 19.2. The Morgan fingerprint density at radius 2 is 1.58 bits per heavy atom. The summed E-state index contributed by atoms with van der Waals surface area (Å²) in [6.07, 6.45) is 1.56. The fourth-order valence-corrected chi connectivity index (χ4v) is 4.98.